The fourth-order valence-corrected chi connectivity index (χ4v) is 2.48. The Labute approximate surface area is 141 Å². The van der Waals surface area contributed by atoms with Crippen molar-refractivity contribution in [1.82, 2.24) is 5.43 Å². The Morgan fingerprint density at radius 2 is 1.83 bits per heavy atom. The average Bonchev–Trinajstić information content (AvgIpc) is 2.65. The maximum Gasteiger partial charge on any atom is 0.284 e. The Balaban J connectivity index is 1.68. The van der Waals surface area contributed by atoms with Crippen LogP contribution in [0.4, 0.5) is 0 Å². The van der Waals surface area contributed by atoms with Gasteiger partial charge in [-0.2, -0.15) is 5.10 Å². The molecular formula is C19H20N2O3. The average molecular weight is 324 g/mol. The van der Waals surface area contributed by atoms with Crippen LogP contribution in [0.25, 0.3) is 0 Å². The number of carbonyl (C=O) groups excluding carboxylic acids is 1. The maximum absolute atomic E-state index is 12.3. The molecule has 124 valence electrons. The van der Waals surface area contributed by atoms with Crippen LogP contribution in [0.15, 0.2) is 59.7 Å². The van der Waals surface area contributed by atoms with Crippen molar-refractivity contribution in [2.45, 2.75) is 25.9 Å². The quantitative estimate of drug-likeness (QED) is 0.679. The first-order valence-electron chi connectivity index (χ1n) is 8.08. The topological polar surface area (TPSA) is 59.9 Å². The Morgan fingerprint density at radius 3 is 2.58 bits per heavy atom. The van der Waals surface area contributed by atoms with Crippen LogP contribution in [0.3, 0.4) is 0 Å². The highest BCUT2D eigenvalue weighted by Gasteiger charge is 2.27. The zero-order valence-electron chi connectivity index (χ0n) is 13.6. The number of benzene rings is 2. The summed E-state index contributed by atoms with van der Waals surface area (Å²) in [5, 5.41) is 4.30. The molecule has 0 saturated heterocycles. The van der Waals surface area contributed by atoms with Gasteiger partial charge in [0.2, 0.25) is 6.10 Å². The van der Waals surface area contributed by atoms with E-state index in [1.54, 1.807) is 6.07 Å². The van der Waals surface area contributed by atoms with Gasteiger partial charge in [-0.3, -0.25) is 4.79 Å². The van der Waals surface area contributed by atoms with Crippen LogP contribution in [0.1, 0.15) is 25.3 Å². The number of nitrogens with zero attached hydrogens (tertiary/aromatic N) is 1. The fourth-order valence-electron chi connectivity index (χ4n) is 2.48. The molecule has 24 heavy (non-hydrogen) atoms. The smallest absolute Gasteiger partial charge is 0.284 e. The number of rotatable bonds is 5. The highest BCUT2D eigenvalue weighted by Crippen LogP contribution is 2.30. The van der Waals surface area contributed by atoms with Gasteiger partial charge in [0, 0.05) is 0 Å². The molecule has 0 aliphatic carbocycles. The molecule has 3 rings (SSSR count). The number of ether oxygens (including phenoxy) is 2. The predicted octanol–water partition coefficient (Wildman–Crippen LogP) is 3.15. The standard InChI is InChI=1S/C19H20N2O3/c1-2-8-15(14-9-4-3-5-10-14)20-21-19(22)18-13-23-16-11-6-7-12-17(16)24-18/h3-7,9-12,18H,2,8,13H2,1H3,(H,21,22)/b20-15-/t18-/m1/s1. The minimum absolute atomic E-state index is 0.173. The molecular weight excluding hydrogens is 304 g/mol. The number of hydrogen-bond acceptors (Lipinski definition) is 4. The summed E-state index contributed by atoms with van der Waals surface area (Å²) in [6.07, 6.45) is 1.03. The Hall–Kier alpha value is -2.82. The van der Waals surface area contributed by atoms with Gasteiger partial charge in [-0.25, -0.2) is 5.43 Å². The molecule has 0 bridgehead atoms. The van der Waals surface area contributed by atoms with E-state index in [0.29, 0.717) is 11.5 Å². The number of para-hydroxylation sites is 2. The lowest BCUT2D eigenvalue weighted by molar-refractivity contribution is -0.130. The highest BCUT2D eigenvalue weighted by molar-refractivity contribution is 6.01. The second kappa shape index (κ2) is 7.64. The van der Waals surface area contributed by atoms with Crippen molar-refractivity contribution in [2.75, 3.05) is 6.61 Å². The van der Waals surface area contributed by atoms with Gasteiger partial charge in [0.05, 0.1) is 5.71 Å². The summed E-state index contributed by atoms with van der Waals surface area (Å²) in [7, 11) is 0. The normalized spacial score (nSPS) is 16.5. The van der Waals surface area contributed by atoms with E-state index in [2.05, 4.69) is 17.5 Å². The summed E-state index contributed by atoms with van der Waals surface area (Å²) >= 11 is 0. The molecule has 0 fully saturated rings. The summed E-state index contributed by atoms with van der Waals surface area (Å²) in [4.78, 5) is 12.3. The first-order chi connectivity index (χ1) is 11.8. The number of amides is 1. The van der Waals surface area contributed by atoms with Crippen LogP contribution in [0, 0.1) is 0 Å². The van der Waals surface area contributed by atoms with Crippen LogP contribution in [-0.4, -0.2) is 24.3 Å². The molecule has 0 aromatic heterocycles. The van der Waals surface area contributed by atoms with E-state index >= 15 is 0 Å². The number of nitrogens with one attached hydrogen (secondary N) is 1. The summed E-state index contributed by atoms with van der Waals surface area (Å²) < 4.78 is 11.2. The van der Waals surface area contributed by atoms with Crippen LogP contribution < -0.4 is 14.9 Å². The Kier molecular flexibility index (Phi) is 5.11. The van der Waals surface area contributed by atoms with E-state index in [4.69, 9.17) is 9.47 Å². The number of hydrazone groups is 1. The molecule has 1 atom stereocenters. The molecule has 0 spiro atoms. The first kappa shape index (κ1) is 16.1. The molecule has 5 nitrogen and oxygen atoms in total. The third-order valence-electron chi connectivity index (χ3n) is 3.70. The van der Waals surface area contributed by atoms with Crippen molar-refractivity contribution in [3.8, 4) is 11.5 Å². The fraction of sp³-hybridized carbons (Fsp3) is 0.263. The van der Waals surface area contributed by atoms with Crippen LogP contribution >= 0.6 is 0 Å². The Morgan fingerprint density at radius 1 is 1.12 bits per heavy atom. The van der Waals surface area contributed by atoms with Crippen molar-refractivity contribution in [3.05, 3.63) is 60.2 Å². The van der Waals surface area contributed by atoms with E-state index in [-0.39, 0.29) is 12.5 Å². The molecule has 1 amide bonds. The summed E-state index contributed by atoms with van der Waals surface area (Å²) in [6.45, 7) is 2.25. The van der Waals surface area contributed by atoms with E-state index in [1.807, 2.05) is 48.5 Å². The number of hydrogen-bond donors (Lipinski definition) is 1. The molecule has 0 saturated carbocycles. The predicted molar refractivity (Wildman–Crippen MR) is 92.4 cm³/mol. The van der Waals surface area contributed by atoms with Crippen LogP contribution in [-0.2, 0) is 4.79 Å². The lowest BCUT2D eigenvalue weighted by Crippen LogP contribution is -2.42. The minimum atomic E-state index is -0.706. The van der Waals surface area contributed by atoms with Gasteiger partial charge in [0.15, 0.2) is 11.5 Å². The summed E-state index contributed by atoms with van der Waals surface area (Å²) in [5.74, 6) is 0.916. The third-order valence-corrected chi connectivity index (χ3v) is 3.70. The van der Waals surface area contributed by atoms with Gasteiger partial charge in [-0.1, -0.05) is 55.8 Å². The van der Waals surface area contributed by atoms with E-state index in [9.17, 15) is 4.79 Å². The van der Waals surface area contributed by atoms with Crippen molar-refractivity contribution >= 4 is 11.6 Å². The number of fused-ring (bicyclic) bond motifs is 1. The van der Waals surface area contributed by atoms with Gasteiger partial charge in [0.1, 0.15) is 6.61 Å². The molecule has 1 heterocycles. The Bertz CT molecular complexity index is 728. The molecule has 2 aromatic rings. The maximum atomic E-state index is 12.3. The minimum Gasteiger partial charge on any atom is -0.485 e. The van der Waals surface area contributed by atoms with Crippen molar-refractivity contribution < 1.29 is 14.3 Å². The summed E-state index contributed by atoms with van der Waals surface area (Å²) in [6, 6.07) is 17.1. The SMILES string of the molecule is CCC/C(=N/NC(=O)[C@H]1COc2ccccc2O1)c1ccccc1. The van der Waals surface area contributed by atoms with E-state index < -0.39 is 6.10 Å². The van der Waals surface area contributed by atoms with Crippen LogP contribution in [0.2, 0.25) is 0 Å². The van der Waals surface area contributed by atoms with Gasteiger partial charge >= 0.3 is 0 Å². The monoisotopic (exact) mass is 324 g/mol. The van der Waals surface area contributed by atoms with Crippen LogP contribution in [0.5, 0.6) is 11.5 Å². The third kappa shape index (κ3) is 3.74. The molecule has 1 aliphatic heterocycles. The zero-order chi connectivity index (χ0) is 16.8. The molecule has 0 radical (unpaired) electrons. The van der Waals surface area contributed by atoms with E-state index in [1.165, 1.54) is 0 Å². The van der Waals surface area contributed by atoms with Crippen molar-refractivity contribution in [3.63, 3.8) is 0 Å². The second-order valence-electron chi connectivity index (χ2n) is 5.51. The van der Waals surface area contributed by atoms with Crippen molar-refractivity contribution in [2.24, 2.45) is 5.10 Å². The molecule has 5 heteroatoms. The van der Waals surface area contributed by atoms with Gasteiger partial charge in [-0.15, -0.1) is 0 Å². The lowest BCUT2D eigenvalue weighted by Gasteiger charge is -2.24. The van der Waals surface area contributed by atoms with Gasteiger partial charge in [0.25, 0.3) is 5.91 Å². The highest BCUT2D eigenvalue weighted by atomic mass is 16.6. The molecule has 0 unspecified atom stereocenters. The molecule has 1 N–H and O–H groups in total. The second-order valence-corrected chi connectivity index (χ2v) is 5.51. The van der Waals surface area contributed by atoms with Gasteiger partial charge < -0.3 is 9.47 Å². The largest absolute Gasteiger partial charge is 0.485 e. The van der Waals surface area contributed by atoms with Crippen molar-refractivity contribution in [1.29, 1.82) is 0 Å². The number of carbonyl (C=O) groups is 1. The molecule has 1 aliphatic rings. The van der Waals surface area contributed by atoms with Gasteiger partial charge in [-0.05, 0) is 24.1 Å². The molecule has 2 aromatic carbocycles. The first-order valence-corrected chi connectivity index (χ1v) is 8.08. The summed E-state index contributed by atoms with van der Waals surface area (Å²) in [5.41, 5.74) is 4.47. The van der Waals surface area contributed by atoms with E-state index in [0.717, 1.165) is 24.1 Å². The zero-order valence-corrected chi connectivity index (χ0v) is 13.6. The lowest BCUT2D eigenvalue weighted by atomic mass is 10.1.